The fraction of sp³-hybridized carbons (Fsp3) is 0. The Bertz CT molecular complexity index is 4260. The number of benzene rings is 12. The largest absolute Gasteiger partial charge is 0.455 e. The van der Waals surface area contributed by atoms with Gasteiger partial charge in [-0.3, -0.25) is 0 Å². The van der Waals surface area contributed by atoms with E-state index in [-0.39, 0.29) is 0 Å². The minimum absolute atomic E-state index is 0.851. The van der Waals surface area contributed by atoms with Crippen LogP contribution in [0.4, 0.5) is 17.1 Å². The number of aromatic nitrogens is 1. The highest BCUT2D eigenvalue weighted by Gasteiger charge is 2.21. The van der Waals surface area contributed by atoms with Crippen molar-refractivity contribution in [2.24, 2.45) is 0 Å². The molecule has 3 heteroatoms. The molecule has 14 aromatic rings. The van der Waals surface area contributed by atoms with Gasteiger partial charge in [-0.25, -0.2) is 0 Å². The summed E-state index contributed by atoms with van der Waals surface area (Å²) in [7, 11) is 0. The lowest BCUT2D eigenvalue weighted by atomic mass is 9.94. The van der Waals surface area contributed by atoms with E-state index in [2.05, 4.69) is 264 Å². The Hall–Kier alpha value is -9.18. The molecule has 2 heterocycles. The average Bonchev–Trinajstić information content (AvgIpc) is 3.97. The second-order valence-corrected chi connectivity index (χ2v) is 18.1. The zero-order chi connectivity index (χ0) is 45.4. The van der Waals surface area contributed by atoms with Crippen molar-refractivity contribution in [2.75, 3.05) is 4.90 Å². The molecular weight excluding hydrogens is 837 g/mol. The highest BCUT2D eigenvalue weighted by atomic mass is 16.3. The molecule has 2 aromatic heterocycles. The fourth-order valence-electron chi connectivity index (χ4n) is 10.8. The Balaban J connectivity index is 0.927. The van der Waals surface area contributed by atoms with Gasteiger partial charge in [0.2, 0.25) is 0 Å². The van der Waals surface area contributed by atoms with Crippen molar-refractivity contribution in [1.82, 2.24) is 4.57 Å². The van der Waals surface area contributed by atoms with Gasteiger partial charge in [-0.15, -0.1) is 0 Å². The maximum Gasteiger partial charge on any atom is 0.143 e. The van der Waals surface area contributed by atoms with Crippen LogP contribution in [-0.4, -0.2) is 4.57 Å². The maximum atomic E-state index is 6.83. The molecule has 0 unspecified atom stereocenters. The first-order chi connectivity index (χ1) is 34.2. The Morgan fingerprint density at radius 1 is 0.304 bits per heavy atom. The molecule has 0 atom stereocenters. The van der Waals surface area contributed by atoms with Gasteiger partial charge in [0.15, 0.2) is 0 Å². The third-order valence-electron chi connectivity index (χ3n) is 14.1. The summed E-state index contributed by atoms with van der Waals surface area (Å²) in [5, 5.41) is 12.0. The molecule has 322 valence electrons. The van der Waals surface area contributed by atoms with Crippen molar-refractivity contribution in [3.8, 4) is 39.1 Å². The molecule has 0 aliphatic heterocycles. The van der Waals surface area contributed by atoms with Crippen molar-refractivity contribution < 1.29 is 4.42 Å². The number of furan rings is 1. The van der Waals surface area contributed by atoms with E-state index in [4.69, 9.17) is 4.42 Å². The van der Waals surface area contributed by atoms with Crippen LogP contribution >= 0.6 is 0 Å². The Kier molecular flexibility index (Phi) is 8.90. The second kappa shape index (κ2) is 15.7. The van der Waals surface area contributed by atoms with Crippen LogP contribution in [0.1, 0.15) is 0 Å². The molecule has 0 radical (unpaired) electrons. The monoisotopic (exact) mass is 878 g/mol. The number of para-hydroxylation sites is 2. The summed E-state index contributed by atoms with van der Waals surface area (Å²) in [5.41, 5.74) is 15.3. The van der Waals surface area contributed by atoms with Crippen molar-refractivity contribution in [3.05, 3.63) is 255 Å². The number of nitrogens with zero attached hydrogens (tertiary/aromatic N) is 2. The summed E-state index contributed by atoms with van der Waals surface area (Å²) in [4.78, 5) is 2.39. The predicted octanol–water partition coefficient (Wildman–Crippen LogP) is 18.6. The summed E-state index contributed by atoms with van der Waals surface area (Å²) in [6.07, 6.45) is 0. The first kappa shape index (κ1) is 39.0. The third-order valence-corrected chi connectivity index (χ3v) is 14.1. The molecule has 3 nitrogen and oxygen atoms in total. The number of fused-ring (bicyclic) bond motifs is 11. The van der Waals surface area contributed by atoms with Crippen molar-refractivity contribution in [3.63, 3.8) is 0 Å². The smallest absolute Gasteiger partial charge is 0.143 e. The van der Waals surface area contributed by atoms with Crippen LogP contribution in [0.15, 0.2) is 259 Å². The number of hydrogen-bond acceptors (Lipinski definition) is 2. The molecule has 0 amide bonds. The fourth-order valence-corrected chi connectivity index (χ4v) is 10.8. The summed E-state index contributed by atoms with van der Waals surface area (Å²) in [6, 6.07) is 92.6. The highest BCUT2D eigenvalue weighted by molar-refractivity contribution is 6.16. The first-order valence-electron chi connectivity index (χ1n) is 23.6. The van der Waals surface area contributed by atoms with E-state index in [1.807, 2.05) is 0 Å². The van der Waals surface area contributed by atoms with Crippen molar-refractivity contribution in [2.45, 2.75) is 0 Å². The average molecular weight is 879 g/mol. The normalized spacial score (nSPS) is 11.8. The minimum Gasteiger partial charge on any atom is -0.455 e. The molecule has 0 saturated carbocycles. The SMILES string of the molecule is c1ccc(-c2cc(-c3ccc4c(ccc5ccccc54)c3)ccc2N(c2ccc(-c3cccc(-n4c5ccccc5c5ccccc54)c3)cc2)c2ccc3c(c2)oc2c4ccccc4ccc32)cc1. The molecule has 0 fully saturated rings. The lowest BCUT2D eigenvalue weighted by Gasteiger charge is -2.28. The number of anilines is 3. The molecule has 69 heavy (non-hydrogen) atoms. The van der Waals surface area contributed by atoms with Gasteiger partial charge in [0.25, 0.3) is 0 Å². The van der Waals surface area contributed by atoms with Gasteiger partial charge in [0.05, 0.1) is 16.7 Å². The van der Waals surface area contributed by atoms with E-state index in [1.54, 1.807) is 0 Å². The third kappa shape index (κ3) is 6.43. The van der Waals surface area contributed by atoms with E-state index in [1.165, 1.54) is 54.3 Å². The highest BCUT2D eigenvalue weighted by Crippen LogP contribution is 2.46. The van der Waals surface area contributed by atoms with Crippen LogP contribution < -0.4 is 4.90 Å². The van der Waals surface area contributed by atoms with E-state index in [9.17, 15) is 0 Å². The van der Waals surface area contributed by atoms with Crippen LogP contribution in [0.25, 0.3) is 115 Å². The van der Waals surface area contributed by atoms with Gasteiger partial charge >= 0.3 is 0 Å². The lowest BCUT2D eigenvalue weighted by molar-refractivity contribution is 0.672. The van der Waals surface area contributed by atoms with Crippen molar-refractivity contribution in [1.29, 1.82) is 0 Å². The molecule has 12 aromatic carbocycles. The van der Waals surface area contributed by atoms with Crippen LogP contribution in [0.2, 0.25) is 0 Å². The number of hydrogen-bond donors (Lipinski definition) is 0. The summed E-state index contributed by atoms with van der Waals surface area (Å²) < 4.78 is 9.21. The van der Waals surface area contributed by atoms with Crippen LogP contribution in [0, 0.1) is 0 Å². The quantitative estimate of drug-likeness (QED) is 0.149. The molecule has 14 rings (SSSR count). The lowest BCUT2D eigenvalue weighted by Crippen LogP contribution is -2.11. The second-order valence-electron chi connectivity index (χ2n) is 18.1. The predicted molar refractivity (Wildman–Crippen MR) is 292 cm³/mol. The maximum absolute atomic E-state index is 6.83. The molecule has 0 saturated heterocycles. The zero-order valence-corrected chi connectivity index (χ0v) is 37.6. The molecule has 0 aliphatic rings. The summed E-state index contributed by atoms with van der Waals surface area (Å²) in [5.74, 6) is 0. The molecular formula is C66H42N2O. The zero-order valence-electron chi connectivity index (χ0n) is 37.6. The molecule has 0 bridgehead atoms. The standard InChI is InChI=1S/C66H42N2O/c1-2-13-44(14-3-1)61-41-49(48-30-35-55-50(39-48)26-25-45-15-4-6-19-54(45)55)31-38-64(61)67(53-34-37-59-60-36-29-46-16-5-7-20-56(46)66(60)69-65(59)42-53)51-32-27-43(28-33-51)47-17-12-18-52(40-47)68-62-23-10-8-21-57(62)58-22-9-11-24-63(58)68/h1-42H. The Labute approximate surface area is 399 Å². The van der Waals surface area contributed by atoms with Gasteiger partial charge in [-0.05, 0) is 128 Å². The number of rotatable bonds is 7. The van der Waals surface area contributed by atoms with E-state index >= 15 is 0 Å². The van der Waals surface area contributed by atoms with Gasteiger partial charge in [-0.2, -0.15) is 0 Å². The van der Waals surface area contributed by atoms with Gasteiger partial charge < -0.3 is 13.9 Å². The topological polar surface area (TPSA) is 21.3 Å². The van der Waals surface area contributed by atoms with Gasteiger partial charge in [0, 0.05) is 55.6 Å². The van der Waals surface area contributed by atoms with Crippen LogP contribution in [0.3, 0.4) is 0 Å². The van der Waals surface area contributed by atoms with Crippen LogP contribution in [0.5, 0.6) is 0 Å². The Morgan fingerprint density at radius 2 is 0.855 bits per heavy atom. The van der Waals surface area contributed by atoms with Gasteiger partial charge in [-0.1, -0.05) is 176 Å². The molecule has 0 N–H and O–H groups in total. The van der Waals surface area contributed by atoms with E-state index < -0.39 is 0 Å². The van der Waals surface area contributed by atoms with Crippen LogP contribution in [-0.2, 0) is 0 Å². The summed E-state index contributed by atoms with van der Waals surface area (Å²) >= 11 is 0. The first-order valence-corrected chi connectivity index (χ1v) is 23.6. The van der Waals surface area contributed by atoms with Crippen molar-refractivity contribution >= 4 is 93.1 Å². The molecule has 0 spiro atoms. The summed E-state index contributed by atoms with van der Waals surface area (Å²) in [6.45, 7) is 0. The van der Waals surface area contributed by atoms with E-state index in [0.717, 1.165) is 77.9 Å². The minimum atomic E-state index is 0.851. The van der Waals surface area contributed by atoms with E-state index in [0.29, 0.717) is 0 Å². The molecule has 0 aliphatic carbocycles. The Morgan fingerprint density at radius 3 is 1.65 bits per heavy atom. The van der Waals surface area contributed by atoms with Gasteiger partial charge in [0.1, 0.15) is 11.2 Å².